The fourth-order valence-electron chi connectivity index (χ4n) is 3.02. The molecule has 1 aliphatic rings. The zero-order chi connectivity index (χ0) is 17.8. The first-order valence-electron chi connectivity index (χ1n) is 8.18. The molecule has 25 heavy (non-hydrogen) atoms. The Morgan fingerprint density at radius 2 is 2.04 bits per heavy atom. The molecular weight excluding hydrogens is 323 g/mol. The van der Waals surface area contributed by atoms with Gasteiger partial charge in [0.15, 0.2) is 11.5 Å². The molecule has 132 valence electrons. The summed E-state index contributed by atoms with van der Waals surface area (Å²) in [7, 11) is 1.56. The second kappa shape index (κ2) is 7.53. The highest BCUT2D eigenvalue weighted by molar-refractivity contribution is 5.80. The van der Waals surface area contributed by atoms with Gasteiger partial charge >= 0.3 is 0 Å². The standard InChI is InChI=1S/C19H21FN2O3/c1-24-18-10-12(15-7-8-16(22-15)19(21)23)6-9-17(18)25-11-13-4-2-3-5-14(13)20/h2-6,9-10,15-16,22H,7-8,11H2,1H3,(H2,21,23)/t15-,16+/m1/s1. The fraction of sp³-hybridized carbons (Fsp3) is 0.316. The number of carbonyl (C=O) groups excluding carboxylic acids is 1. The molecule has 2 aromatic rings. The van der Waals surface area contributed by atoms with E-state index < -0.39 is 0 Å². The maximum atomic E-state index is 13.7. The molecule has 0 aliphatic carbocycles. The molecule has 2 aromatic carbocycles. The van der Waals surface area contributed by atoms with Crippen LogP contribution in [0.25, 0.3) is 0 Å². The molecule has 0 radical (unpaired) electrons. The summed E-state index contributed by atoms with van der Waals surface area (Å²) in [6.07, 6.45) is 1.54. The first-order chi connectivity index (χ1) is 12.1. The molecule has 0 spiro atoms. The molecule has 2 atom stereocenters. The zero-order valence-corrected chi connectivity index (χ0v) is 14.0. The summed E-state index contributed by atoms with van der Waals surface area (Å²) in [6.45, 7) is 0.119. The molecule has 1 saturated heterocycles. The van der Waals surface area contributed by atoms with E-state index in [2.05, 4.69) is 5.32 Å². The van der Waals surface area contributed by atoms with E-state index in [9.17, 15) is 9.18 Å². The molecule has 3 N–H and O–H groups in total. The first-order valence-corrected chi connectivity index (χ1v) is 8.18. The number of nitrogens with two attached hydrogens (primary N) is 1. The average molecular weight is 344 g/mol. The molecule has 3 rings (SSSR count). The Labute approximate surface area is 145 Å². The number of methoxy groups -OCH3 is 1. The number of hydrogen-bond donors (Lipinski definition) is 2. The van der Waals surface area contributed by atoms with Gasteiger partial charge in [-0.25, -0.2) is 4.39 Å². The van der Waals surface area contributed by atoms with Crippen molar-refractivity contribution in [2.24, 2.45) is 5.73 Å². The largest absolute Gasteiger partial charge is 0.493 e. The number of halogens is 1. The summed E-state index contributed by atoms with van der Waals surface area (Å²) in [5.41, 5.74) is 6.83. The average Bonchev–Trinajstić information content (AvgIpc) is 3.11. The molecule has 6 heteroatoms. The van der Waals surface area contributed by atoms with Crippen molar-refractivity contribution in [2.45, 2.75) is 31.5 Å². The van der Waals surface area contributed by atoms with Crippen molar-refractivity contribution in [1.82, 2.24) is 5.32 Å². The predicted molar refractivity (Wildman–Crippen MR) is 91.8 cm³/mol. The van der Waals surface area contributed by atoms with Crippen LogP contribution in [0.3, 0.4) is 0 Å². The van der Waals surface area contributed by atoms with Gasteiger partial charge in [0.05, 0.1) is 13.2 Å². The van der Waals surface area contributed by atoms with Gasteiger partial charge in [-0.2, -0.15) is 0 Å². The van der Waals surface area contributed by atoms with Crippen molar-refractivity contribution in [3.05, 3.63) is 59.4 Å². The number of amides is 1. The zero-order valence-electron chi connectivity index (χ0n) is 14.0. The molecular formula is C19H21FN2O3. The second-order valence-electron chi connectivity index (χ2n) is 6.04. The minimum absolute atomic E-state index is 0.0482. The van der Waals surface area contributed by atoms with Crippen molar-refractivity contribution >= 4 is 5.91 Å². The SMILES string of the molecule is COc1cc([C@H]2CC[C@@H](C(N)=O)N2)ccc1OCc1ccccc1F. The van der Waals surface area contributed by atoms with Crippen LogP contribution < -0.4 is 20.5 Å². The van der Waals surface area contributed by atoms with E-state index in [0.29, 0.717) is 23.5 Å². The summed E-state index contributed by atoms with van der Waals surface area (Å²) >= 11 is 0. The van der Waals surface area contributed by atoms with Crippen LogP contribution in [0.5, 0.6) is 11.5 Å². The normalized spacial score (nSPS) is 19.6. The summed E-state index contributed by atoms with van der Waals surface area (Å²) in [5.74, 6) is 0.474. The van der Waals surface area contributed by atoms with Crippen LogP contribution in [-0.2, 0) is 11.4 Å². The molecule has 1 heterocycles. The van der Waals surface area contributed by atoms with Crippen LogP contribution in [0, 0.1) is 5.82 Å². The van der Waals surface area contributed by atoms with Gasteiger partial charge in [-0.1, -0.05) is 24.3 Å². The topological polar surface area (TPSA) is 73.6 Å². The quantitative estimate of drug-likeness (QED) is 0.845. The van der Waals surface area contributed by atoms with E-state index in [1.54, 1.807) is 31.4 Å². The van der Waals surface area contributed by atoms with E-state index in [1.165, 1.54) is 6.07 Å². The molecule has 1 fully saturated rings. The third kappa shape index (κ3) is 3.91. The summed E-state index contributed by atoms with van der Waals surface area (Å²) in [4.78, 5) is 11.3. The predicted octanol–water partition coefficient (Wildman–Crippen LogP) is 2.69. The Bertz CT molecular complexity index is 766. The van der Waals surface area contributed by atoms with E-state index in [0.717, 1.165) is 12.0 Å². The van der Waals surface area contributed by atoms with Crippen molar-refractivity contribution in [3.63, 3.8) is 0 Å². The van der Waals surface area contributed by atoms with Crippen molar-refractivity contribution in [1.29, 1.82) is 0 Å². The number of carbonyl (C=O) groups is 1. The Morgan fingerprint density at radius 1 is 1.24 bits per heavy atom. The van der Waals surface area contributed by atoms with Crippen molar-refractivity contribution in [3.8, 4) is 11.5 Å². The number of hydrogen-bond acceptors (Lipinski definition) is 4. The molecule has 5 nitrogen and oxygen atoms in total. The lowest BCUT2D eigenvalue weighted by molar-refractivity contribution is -0.119. The Kier molecular flexibility index (Phi) is 5.19. The van der Waals surface area contributed by atoms with Crippen LogP contribution >= 0.6 is 0 Å². The van der Waals surface area contributed by atoms with Crippen LogP contribution in [0.2, 0.25) is 0 Å². The second-order valence-corrected chi connectivity index (χ2v) is 6.04. The number of rotatable bonds is 6. The van der Waals surface area contributed by atoms with Crippen LogP contribution in [0.15, 0.2) is 42.5 Å². The monoisotopic (exact) mass is 344 g/mol. The Morgan fingerprint density at radius 3 is 2.72 bits per heavy atom. The molecule has 0 unspecified atom stereocenters. The van der Waals surface area contributed by atoms with Gasteiger partial charge in [-0.15, -0.1) is 0 Å². The highest BCUT2D eigenvalue weighted by Crippen LogP contribution is 2.34. The Balaban J connectivity index is 1.72. The number of nitrogens with one attached hydrogen (secondary N) is 1. The van der Waals surface area contributed by atoms with Crippen molar-refractivity contribution < 1.29 is 18.7 Å². The third-order valence-electron chi connectivity index (χ3n) is 4.42. The minimum atomic E-state index is -0.334. The lowest BCUT2D eigenvalue weighted by Gasteiger charge is -2.16. The summed E-state index contributed by atoms with van der Waals surface area (Å²) in [5, 5.41) is 3.22. The van der Waals surface area contributed by atoms with E-state index in [1.807, 2.05) is 12.1 Å². The van der Waals surface area contributed by atoms with Gasteiger partial charge in [0, 0.05) is 11.6 Å². The minimum Gasteiger partial charge on any atom is -0.493 e. The van der Waals surface area contributed by atoms with E-state index >= 15 is 0 Å². The van der Waals surface area contributed by atoms with Crippen LogP contribution in [0.4, 0.5) is 4.39 Å². The van der Waals surface area contributed by atoms with Gasteiger partial charge in [-0.3, -0.25) is 10.1 Å². The molecule has 1 aliphatic heterocycles. The number of primary amides is 1. The number of ether oxygens (including phenoxy) is 2. The summed E-state index contributed by atoms with van der Waals surface area (Å²) < 4.78 is 24.8. The molecule has 0 bridgehead atoms. The lowest BCUT2D eigenvalue weighted by Crippen LogP contribution is -2.37. The highest BCUT2D eigenvalue weighted by atomic mass is 19.1. The van der Waals surface area contributed by atoms with Gasteiger partial charge in [0.25, 0.3) is 0 Å². The lowest BCUT2D eigenvalue weighted by atomic mass is 10.0. The van der Waals surface area contributed by atoms with Crippen LogP contribution in [-0.4, -0.2) is 19.1 Å². The number of benzene rings is 2. The first kappa shape index (κ1) is 17.2. The van der Waals surface area contributed by atoms with Crippen LogP contribution in [0.1, 0.15) is 30.0 Å². The van der Waals surface area contributed by atoms with Gasteiger partial charge in [0.1, 0.15) is 12.4 Å². The molecule has 0 saturated carbocycles. The highest BCUT2D eigenvalue weighted by Gasteiger charge is 2.28. The molecule has 1 amide bonds. The van der Waals surface area contributed by atoms with E-state index in [-0.39, 0.29) is 30.4 Å². The third-order valence-corrected chi connectivity index (χ3v) is 4.42. The molecule has 0 aromatic heterocycles. The maximum Gasteiger partial charge on any atom is 0.234 e. The van der Waals surface area contributed by atoms with Crippen molar-refractivity contribution in [2.75, 3.05) is 7.11 Å². The van der Waals surface area contributed by atoms with E-state index in [4.69, 9.17) is 15.2 Å². The van der Waals surface area contributed by atoms with Gasteiger partial charge < -0.3 is 15.2 Å². The maximum absolute atomic E-state index is 13.7. The van der Waals surface area contributed by atoms with Gasteiger partial charge in [-0.05, 0) is 36.6 Å². The summed E-state index contributed by atoms with van der Waals surface area (Å²) in [6, 6.07) is 11.8. The van der Waals surface area contributed by atoms with Gasteiger partial charge in [0.2, 0.25) is 5.91 Å². The smallest absolute Gasteiger partial charge is 0.234 e. The Hall–Kier alpha value is -2.60. The fourth-order valence-corrected chi connectivity index (χ4v) is 3.02.